The number of nitrogens with zero attached hydrogens (tertiary/aromatic N) is 1. The van der Waals surface area contributed by atoms with Crippen molar-refractivity contribution in [3.8, 4) is 17.1 Å². The normalized spacial score (nSPS) is 9.92. The van der Waals surface area contributed by atoms with Gasteiger partial charge in [-0.3, -0.25) is 0 Å². The molecule has 1 radical (unpaired) electrons. The van der Waals surface area contributed by atoms with E-state index in [9.17, 15) is 0 Å². The maximum atomic E-state index is 5.05. The summed E-state index contributed by atoms with van der Waals surface area (Å²) in [5, 5.41) is 0. The first-order chi connectivity index (χ1) is 6.40. The monoisotopic (exact) mass is 173 g/mol. The van der Waals surface area contributed by atoms with Crippen LogP contribution in [0.2, 0.25) is 0 Å². The molecule has 0 atom stereocenters. The van der Waals surface area contributed by atoms with Gasteiger partial charge < -0.3 is 9.72 Å². The Morgan fingerprint density at radius 2 is 2.08 bits per heavy atom. The fourth-order valence-electron chi connectivity index (χ4n) is 1.13. The van der Waals surface area contributed by atoms with E-state index < -0.39 is 0 Å². The van der Waals surface area contributed by atoms with Crippen LogP contribution in [0, 0.1) is 6.20 Å². The highest BCUT2D eigenvalue weighted by molar-refractivity contribution is 5.55. The summed E-state index contributed by atoms with van der Waals surface area (Å²) in [7, 11) is 1.65. The lowest BCUT2D eigenvalue weighted by Gasteiger charge is -1.99. The molecule has 1 aromatic carbocycles. The molecule has 3 nitrogen and oxygen atoms in total. The molecule has 0 saturated heterocycles. The molecule has 0 aliphatic heterocycles. The minimum Gasteiger partial charge on any atom is -0.497 e. The predicted octanol–water partition coefficient (Wildman–Crippen LogP) is 1.89. The number of ether oxygens (including phenoxy) is 1. The molecule has 1 aromatic heterocycles. The number of nitrogens with one attached hydrogen (secondary N) is 1. The number of imidazole rings is 1. The molecule has 0 spiro atoms. The molecule has 3 heteroatoms. The fraction of sp³-hybridized carbons (Fsp3) is 0.100. The van der Waals surface area contributed by atoms with E-state index >= 15 is 0 Å². The van der Waals surface area contributed by atoms with Gasteiger partial charge in [0, 0.05) is 11.8 Å². The second-order valence-electron chi connectivity index (χ2n) is 2.61. The second kappa shape index (κ2) is 3.31. The zero-order valence-corrected chi connectivity index (χ0v) is 7.24. The standard InChI is InChI=1S/C10H9N2O/c1-13-9-4-2-8(3-5-9)10-11-6-7-12-10/h2-6H,1H3,(H,11,12). The van der Waals surface area contributed by atoms with Crippen molar-refractivity contribution < 1.29 is 4.74 Å². The highest BCUT2D eigenvalue weighted by atomic mass is 16.5. The lowest BCUT2D eigenvalue weighted by Crippen LogP contribution is -1.83. The largest absolute Gasteiger partial charge is 0.497 e. The highest BCUT2D eigenvalue weighted by Crippen LogP contribution is 2.18. The minimum atomic E-state index is 0.822. The Bertz CT molecular complexity index is 364. The molecule has 0 bridgehead atoms. The van der Waals surface area contributed by atoms with Gasteiger partial charge in [-0.1, -0.05) is 0 Å². The van der Waals surface area contributed by atoms with Crippen LogP contribution in [0.4, 0.5) is 0 Å². The number of H-pyrrole nitrogens is 1. The van der Waals surface area contributed by atoms with Crippen LogP contribution in [0.25, 0.3) is 11.4 Å². The summed E-state index contributed by atoms with van der Waals surface area (Å²) in [4.78, 5) is 7.00. The van der Waals surface area contributed by atoms with Gasteiger partial charge in [-0.25, -0.2) is 4.98 Å². The van der Waals surface area contributed by atoms with Crippen LogP contribution in [0.15, 0.2) is 30.5 Å². The summed E-state index contributed by atoms with van der Waals surface area (Å²) in [6, 6.07) is 7.70. The number of aromatic amines is 1. The molecule has 13 heavy (non-hydrogen) atoms. The maximum Gasteiger partial charge on any atom is 0.138 e. The lowest BCUT2D eigenvalue weighted by molar-refractivity contribution is 0.415. The Morgan fingerprint density at radius 3 is 2.62 bits per heavy atom. The van der Waals surface area contributed by atoms with E-state index in [0.717, 1.165) is 17.1 Å². The molecule has 2 aromatic rings. The molecule has 1 N–H and O–H groups in total. The molecule has 2 rings (SSSR count). The van der Waals surface area contributed by atoms with Gasteiger partial charge in [-0.2, -0.15) is 0 Å². The Balaban J connectivity index is 2.33. The first kappa shape index (κ1) is 7.86. The molecule has 0 saturated carbocycles. The molecular formula is C10H9N2O. The van der Waals surface area contributed by atoms with Crippen LogP contribution in [0.3, 0.4) is 0 Å². The van der Waals surface area contributed by atoms with E-state index in [1.807, 2.05) is 24.3 Å². The van der Waals surface area contributed by atoms with E-state index in [1.54, 1.807) is 13.3 Å². The summed E-state index contributed by atoms with van der Waals surface area (Å²) < 4.78 is 5.05. The van der Waals surface area contributed by atoms with Crippen molar-refractivity contribution in [1.29, 1.82) is 0 Å². The van der Waals surface area contributed by atoms with Gasteiger partial charge in [0.2, 0.25) is 0 Å². The fourth-order valence-corrected chi connectivity index (χ4v) is 1.13. The van der Waals surface area contributed by atoms with Crippen LogP contribution in [0.5, 0.6) is 5.75 Å². The SMILES string of the molecule is COc1ccc(-c2n[c]c[nH]2)cc1. The van der Waals surface area contributed by atoms with E-state index in [0.29, 0.717) is 0 Å². The number of methoxy groups -OCH3 is 1. The van der Waals surface area contributed by atoms with Crippen molar-refractivity contribution in [3.63, 3.8) is 0 Å². The van der Waals surface area contributed by atoms with Gasteiger partial charge in [-0.15, -0.1) is 0 Å². The third-order valence-electron chi connectivity index (χ3n) is 1.81. The number of rotatable bonds is 2. The quantitative estimate of drug-likeness (QED) is 0.753. The van der Waals surface area contributed by atoms with E-state index in [-0.39, 0.29) is 0 Å². The van der Waals surface area contributed by atoms with Crippen LogP contribution >= 0.6 is 0 Å². The van der Waals surface area contributed by atoms with Gasteiger partial charge in [0.15, 0.2) is 0 Å². The van der Waals surface area contributed by atoms with Crippen molar-refractivity contribution in [2.24, 2.45) is 0 Å². The van der Waals surface area contributed by atoms with Gasteiger partial charge in [0.1, 0.15) is 17.8 Å². The number of benzene rings is 1. The third-order valence-corrected chi connectivity index (χ3v) is 1.81. The van der Waals surface area contributed by atoms with Crippen molar-refractivity contribution in [3.05, 3.63) is 36.7 Å². The van der Waals surface area contributed by atoms with Gasteiger partial charge in [-0.05, 0) is 24.3 Å². The van der Waals surface area contributed by atoms with Crippen molar-refractivity contribution in [2.75, 3.05) is 7.11 Å². The van der Waals surface area contributed by atoms with Gasteiger partial charge in [0.25, 0.3) is 0 Å². The zero-order chi connectivity index (χ0) is 9.10. The van der Waals surface area contributed by atoms with E-state index in [2.05, 4.69) is 16.2 Å². The molecule has 0 aliphatic rings. The zero-order valence-electron chi connectivity index (χ0n) is 7.24. The Labute approximate surface area is 76.4 Å². The van der Waals surface area contributed by atoms with Crippen LogP contribution in [-0.4, -0.2) is 17.1 Å². The minimum absolute atomic E-state index is 0.822. The lowest BCUT2D eigenvalue weighted by atomic mass is 10.2. The summed E-state index contributed by atoms with van der Waals surface area (Å²) in [5.74, 6) is 1.67. The molecule has 0 fully saturated rings. The number of hydrogen-bond acceptors (Lipinski definition) is 2. The Hall–Kier alpha value is -1.77. The molecule has 1 heterocycles. The first-order valence-electron chi connectivity index (χ1n) is 3.96. The molecule has 0 amide bonds. The van der Waals surface area contributed by atoms with Crippen molar-refractivity contribution in [1.82, 2.24) is 9.97 Å². The Morgan fingerprint density at radius 1 is 1.31 bits per heavy atom. The third kappa shape index (κ3) is 1.54. The summed E-state index contributed by atoms with van der Waals surface area (Å²) >= 11 is 0. The predicted molar refractivity (Wildman–Crippen MR) is 49.4 cm³/mol. The van der Waals surface area contributed by atoms with E-state index in [1.165, 1.54) is 0 Å². The van der Waals surface area contributed by atoms with E-state index in [4.69, 9.17) is 4.74 Å². The molecular weight excluding hydrogens is 164 g/mol. The van der Waals surface area contributed by atoms with Crippen LogP contribution in [-0.2, 0) is 0 Å². The summed E-state index contributed by atoms with van der Waals surface area (Å²) in [6.45, 7) is 0. The molecule has 0 aliphatic carbocycles. The Kier molecular flexibility index (Phi) is 2.00. The summed E-state index contributed by atoms with van der Waals surface area (Å²) in [6.07, 6.45) is 4.40. The highest BCUT2D eigenvalue weighted by Gasteiger charge is 1.98. The van der Waals surface area contributed by atoms with Crippen LogP contribution in [0.1, 0.15) is 0 Å². The average molecular weight is 173 g/mol. The van der Waals surface area contributed by atoms with Gasteiger partial charge in [0.05, 0.1) is 7.11 Å². The summed E-state index contributed by atoms with van der Waals surface area (Å²) in [5.41, 5.74) is 1.03. The number of aromatic nitrogens is 2. The van der Waals surface area contributed by atoms with Gasteiger partial charge >= 0.3 is 0 Å². The molecule has 65 valence electrons. The van der Waals surface area contributed by atoms with Crippen molar-refractivity contribution in [2.45, 2.75) is 0 Å². The molecule has 0 unspecified atom stereocenters. The average Bonchev–Trinajstić information content (AvgIpc) is 2.71. The topological polar surface area (TPSA) is 37.9 Å². The van der Waals surface area contributed by atoms with Crippen molar-refractivity contribution >= 4 is 0 Å². The maximum absolute atomic E-state index is 5.05. The first-order valence-corrected chi connectivity index (χ1v) is 3.96. The van der Waals surface area contributed by atoms with Crippen LogP contribution < -0.4 is 4.74 Å². The second-order valence-corrected chi connectivity index (χ2v) is 2.61. The smallest absolute Gasteiger partial charge is 0.138 e. The number of hydrogen-bond donors (Lipinski definition) is 1.